The molecule has 3 amide bonds. The lowest BCUT2D eigenvalue weighted by Gasteiger charge is -2.26. The molecule has 0 spiro atoms. The molecule has 0 fully saturated rings. The summed E-state index contributed by atoms with van der Waals surface area (Å²) in [5.41, 5.74) is 1.87. The second-order valence-corrected chi connectivity index (χ2v) is 7.15. The first kappa shape index (κ1) is 18.8. The van der Waals surface area contributed by atoms with Crippen LogP contribution >= 0.6 is 0 Å². The maximum absolute atomic E-state index is 12.3. The molecule has 2 N–H and O–H groups in total. The number of carbonyl (C=O) groups excluding carboxylic acids is 3. The second-order valence-electron chi connectivity index (χ2n) is 7.15. The molecule has 7 nitrogen and oxygen atoms in total. The fourth-order valence-electron chi connectivity index (χ4n) is 2.53. The number of carbonyl (C=O) groups is 3. The summed E-state index contributed by atoms with van der Waals surface area (Å²) in [6, 6.07) is 4.67. The summed E-state index contributed by atoms with van der Waals surface area (Å²) in [6.45, 7) is 6.86. The van der Waals surface area contributed by atoms with Crippen LogP contribution in [-0.4, -0.2) is 36.6 Å². The number of nitrogens with one attached hydrogen (secondary N) is 2. The maximum Gasteiger partial charge on any atom is 0.408 e. The van der Waals surface area contributed by atoms with E-state index in [1.165, 1.54) is 0 Å². The smallest absolute Gasteiger partial charge is 0.408 e. The number of ether oxygens (including phenoxy) is 1. The van der Waals surface area contributed by atoms with E-state index in [0.29, 0.717) is 18.5 Å². The van der Waals surface area contributed by atoms with Gasteiger partial charge in [-0.05, 0) is 57.9 Å². The third-order valence-corrected chi connectivity index (χ3v) is 3.82. The van der Waals surface area contributed by atoms with Gasteiger partial charge in [-0.25, -0.2) is 4.79 Å². The van der Waals surface area contributed by atoms with Gasteiger partial charge >= 0.3 is 6.09 Å². The van der Waals surface area contributed by atoms with Gasteiger partial charge in [-0.15, -0.1) is 0 Å². The monoisotopic (exact) mass is 347 g/mol. The fraction of sp³-hybridized carbons (Fsp3) is 0.500. The summed E-state index contributed by atoms with van der Waals surface area (Å²) in [4.78, 5) is 37.3. The summed E-state index contributed by atoms with van der Waals surface area (Å²) in [7, 11) is 1.74. The minimum atomic E-state index is -0.741. The van der Waals surface area contributed by atoms with Gasteiger partial charge in [0.25, 0.3) is 0 Å². The van der Waals surface area contributed by atoms with Gasteiger partial charge in [0.05, 0.1) is 0 Å². The Kier molecular flexibility index (Phi) is 5.35. The van der Waals surface area contributed by atoms with Crippen molar-refractivity contribution in [2.75, 3.05) is 17.3 Å². The van der Waals surface area contributed by atoms with Crippen LogP contribution in [0.3, 0.4) is 0 Å². The molecule has 1 heterocycles. The molecule has 1 aliphatic heterocycles. The average Bonchev–Trinajstić information content (AvgIpc) is 2.49. The Balaban J connectivity index is 1.99. The van der Waals surface area contributed by atoms with E-state index in [4.69, 9.17) is 4.74 Å². The van der Waals surface area contributed by atoms with Crippen LogP contribution in [0.15, 0.2) is 18.2 Å². The van der Waals surface area contributed by atoms with Crippen molar-refractivity contribution in [3.63, 3.8) is 0 Å². The van der Waals surface area contributed by atoms with Crippen LogP contribution in [0.1, 0.15) is 39.7 Å². The molecule has 1 aliphatic rings. The van der Waals surface area contributed by atoms with Gasteiger partial charge in [-0.2, -0.15) is 0 Å². The first-order chi connectivity index (χ1) is 11.6. The molecule has 7 heteroatoms. The molecule has 0 saturated heterocycles. The number of nitrogens with zero attached hydrogens (tertiary/aromatic N) is 1. The highest BCUT2D eigenvalue weighted by molar-refractivity contribution is 5.98. The molecule has 0 unspecified atom stereocenters. The van der Waals surface area contributed by atoms with Gasteiger partial charge in [0.15, 0.2) is 0 Å². The molecule has 2 rings (SSSR count). The van der Waals surface area contributed by atoms with E-state index in [1.807, 2.05) is 12.1 Å². The number of hydrogen-bond donors (Lipinski definition) is 2. The number of benzene rings is 1. The molecule has 1 aromatic carbocycles. The third-order valence-electron chi connectivity index (χ3n) is 3.82. The quantitative estimate of drug-likeness (QED) is 0.879. The molecule has 0 aliphatic carbocycles. The molecular formula is C18H25N3O4. The Bertz CT molecular complexity index is 694. The van der Waals surface area contributed by atoms with Gasteiger partial charge in [-0.3, -0.25) is 9.59 Å². The molecule has 25 heavy (non-hydrogen) atoms. The van der Waals surface area contributed by atoms with Crippen LogP contribution in [0.4, 0.5) is 16.2 Å². The lowest BCUT2D eigenvalue weighted by Crippen LogP contribution is -2.44. The van der Waals surface area contributed by atoms with Crippen molar-refractivity contribution in [3.05, 3.63) is 23.8 Å². The summed E-state index contributed by atoms with van der Waals surface area (Å²) >= 11 is 0. The zero-order valence-corrected chi connectivity index (χ0v) is 15.3. The SMILES string of the molecule is C[C@H](NC(=O)OC(C)(C)C)C(=O)Nc1ccc2c(c1)CCC(=O)N2C. The highest BCUT2D eigenvalue weighted by atomic mass is 16.6. The zero-order chi connectivity index (χ0) is 18.8. The lowest BCUT2D eigenvalue weighted by molar-refractivity contribution is -0.119. The number of anilines is 2. The first-order valence-corrected chi connectivity index (χ1v) is 8.26. The normalized spacial score (nSPS) is 15.2. The highest BCUT2D eigenvalue weighted by Crippen LogP contribution is 2.29. The number of amides is 3. The molecule has 1 atom stereocenters. The number of alkyl carbamates (subject to hydrolysis) is 1. The Morgan fingerprint density at radius 3 is 2.56 bits per heavy atom. The average molecular weight is 347 g/mol. The van der Waals surface area contributed by atoms with Crippen LogP contribution in [0.25, 0.3) is 0 Å². The largest absolute Gasteiger partial charge is 0.444 e. The minimum absolute atomic E-state index is 0.0828. The molecule has 136 valence electrons. The molecule has 0 bridgehead atoms. The van der Waals surface area contributed by atoms with Crippen LogP contribution in [0.2, 0.25) is 0 Å². The second kappa shape index (κ2) is 7.13. The van der Waals surface area contributed by atoms with Crippen LogP contribution in [-0.2, 0) is 20.7 Å². The Hall–Kier alpha value is -2.57. The predicted octanol–water partition coefficient (Wildman–Crippen LogP) is 2.45. The van der Waals surface area contributed by atoms with Crippen molar-refractivity contribution in [2.45, 2.75) is 52.2 Å². The Morgan fingerprint density at radius 1 is 1.24 bits per heavy atom. The van der Waals surface area contributed by atoms with E-state index < -0.39 is 17.7 Å². The van der Waals surface area contributed by atoms with Gasteiger partial charge in [0.2, 0.25) is 11.8 Å². The van der Waals surface area contributed by atoms with Gasteiger partial charge < -0.3 is 20.3 Å². The van der Waals surface area contributed by atoms with Crippen LogP contribution < -0.4 is 15.5 Å². The van der Waals surface area contributed by atoms with E-state index in [0.717, 1.165) is 11.3 Å². The van der Waals surface area contributed by atoms with Crippen molar-refractivity contribution in [1.82, 2.24) is 5.32 Å². The topological polar surface area (TPSA) is 87.7 Å². The van der Waals surface area contributed by atoms with E-state index >= 15 is 0 Å². The van der Waals surface area contributed by atoms with Gasteiger partial charge in [0.1, 0.15) is 11.6 Å². The van der Waals surface area contributed by atoms with Crippen LogP contribution in [0.5, 0.6) is 0 Å². The van der Waals surface area contributed by atoms with Crippen molar-refractivity contribution in [3.8, 4) is 0 Å². The molecule has 0 saturated carbocycles. The molecule has 0 radical (unpaired) electrons. The first-order valence-electron chi connectivity index (χ1n) is 8.26. The van der Waals surface area contributed by atoms with E-state index in [-0.39, 0.29) is 11.8 Å². The number of hydrogen-bond acceptors (Lipinski definition) is 4. The fourth-order valence-corrected chi connectivity index (χ4v) is 2.53. The molecular weight excluding hydrogens is 322 g/mol. The van der Waals surface area contributed by atoms with Gasteiger partial charge in [-0.1, -0.05) is 0 Å². The maximum atomic E-state index is 12.3. The van der Waals surface area contributed by atoms with Gasteiger partial charge in [0, 0.05) is 24.8 Å². The molecule has 1 aromatic rings. The number of aryl methyl sites for hydroxylation is 1. The lowest BCUT2D eigenvalue weighted by atomic mass is 10.0. The van der Waals surface area contributed by atoms with E-state index in [9.17, 15) is 14.4 Å². The third kappa shape index (κ3) is 4.95. The minimum Gasteiger partial charge on any atom is -0.444 e. The highest BCUT2D eigenvalue weighted by Gasteiger charge is 2.23. The summed E-state index contributed by atoms with van der Waals surface area (Å²) in [5.74, 6) is -0.259. The molecule has 0 aromatic heterocycles. The summed E-state index contributed by atoms with van der Waals surface area (Å²) in [5, 5.41) is 5.28. The van der Waals surface area contributed by atoms with E-state index in [2.05, 4.69) is 10.6 Å². The van der Waals surface area contributed by atoms with Crippen molar-refractivity contribution in [2.24, 2.45) is 0 Å². The number of rotatable bonds is 3. The zero-order valence-electron chi connectivity index (χ0n) is 15.3. The Labute approximate surface area is 147 Å². The summed E-state index contributed by atoms with van der Waals surface area (Å²) in [6.07, 6.45) is 0.464. The standard InChI is InChI=1S/C18H25N3O4/c1-11(19-17(24)25-18(2,3)4)16(23)20-13-7-8-14-12(10-13)6-9-15(22)21(14)5/h7-8,10-11H,6,9H2,1-5H3,(H,19,24)(H,20,23)/t11-/m0/s1. The number of fused-ring (bicyclic) bond motifs is 1. The van der Waals surface area contributed by atoms with Crippen molar-refractivity contribution >= 4 is 29.3 Å². The predicted molar refractivity (Wildman–Crippen MR) is 95.6 cm³/mol. The van der Waals surface area contributed by atoms with Crippen LogP contribution in [0, 0.1) is 0 Å². The van der Waals surface area contributed by atoms with Crippen molar-refractivity contribution in [1.29, 1.82) is 0 Å². The Morgan fingerprint density at radius 2 is 1.92 bits per heavy atom. The summed E-state index contributed by atoms with van der Waals surface area (Å²) < 4.78 is 5.14. The van der Waals surface area contributed by atoms with E-state index in [1.54, 1.807) is 45.7 Å². The van der Waals surface area contributed by atoms with Crippen molar-refractivity contribution < 1.29 is 19.1 Å².